The largest absolute Gasteiger partial charge is 0.493 e. The Hall–Kier alpha value is -4.16. The van der Waals surface area contributed by atoms with Crippen molar-refractivity contribution in [2.24, 2.45) is 0 Å². The number of benzene rings is 1. The van der Waals surface area contributed by atoms with E-state index in [1.165, 1.54) is 23.1 Å². The second kappa shape index (κ2) is 10.4. The normalized spacial score (nSPS) is 17.7. The molecule has 1 aromatic heterocycles. The van der Waals surface area contributed by atoms with Crippen molar-refractivity contribution in [3.05, 3.63) is 56.5 Å². The van der Waals surface area contributed by atoms with E-state index in [-0.39, 0.29) is 35.7 Å². The Morgan fingerprint density at radius 1 is 1.30 bits per heavy atom. The Morgan fingerprint density at radius 3 is 2.65 bits per heavy atom. The number of rotatable bonds is 6. The van der Waals surface area contributed by atoms with Crippen molar-refractivity contribution >= 4 is 23.0 Å². The molecule has 0 spiro atoms. The number of anilines is 2. The topological polar surface area (TPSA) is 126 Å². The van der Waals surface area contributed by atoms with Gasteiger partial charge in [0.05, 0.1) is 29.8 Å². The fraction of sp³-hybridized carbons (Fsp3) is 0.409. The summed E-state index contributed by atoms with van der Waals surface area (Å²) in [5.41, 5.74) is -0.985. The van der Waals surface area contributed by atoms with E-state index in [0.29, 0.717) is 26.2 Å². The van der Waals surface area contributed by atoms with E-state index in [1.54, 1.807) is 17.9 Å². The van der Waals surface area contributed by atoms with Crippen LogP contribution in [0.5, 0.6) is 0 Å². The highest BCUT2D eigenvalue weighted by Crippen LogP contribution is 2.39. The summed E-state index contributed by atoms with van der Waals surface area (Å²) in [5.74, 6) is 3.05. The third kappa shape index (κ3) is 5.20. The molecule has 2 aliphatic heterocycles. The zero-order valence-corrected chi connectivity index (χ0v) is 19.6. The Labute approximate surface area is 208 Å². The molecule has 1 aromatic carbocycles. The van der Waals surface area contributed by atoms with E-state index >= 15 is 0 Å². The number of fused-ring (bicyclic) bond motifs is 1. The van der Waals surface area contributed by atoms with Crippen molar-refractivity contribution < 1.29 is 27.7 Å². The first kappa shape index (κ1) is 25.9. The molecule has 1 saturated heterocycles. The molecule has 3 heterocycles. The second-order valence-electron chi connectivity index (χ2n) is 8.12. The number of piperazine rings is 1. The summed E-state index contributed by atoms with van der Waals surface area (Å²) in [6.45, 7) is 3.03. The first-order chi connectivity index (χ1) is 17.6. The minimum atomic E-state index is -5.28. The molecule has 1 N–H and O–H groups in total. The Balaban J connectivity index is 1.82. The standard InChI is InChI=1S/C22H22F3N7O5/c1-2-3-10-29-18-17(13-27-30(19(18)33)14-15-6-4-5-7-16(15)32(35)36)31(37-20(34)22(23,24)25)21(29)28-11-8-26-9-12-28/h4-7,13,21,26H,8-12,14H2,1H3. The van der Waals surface area contributed by atoms with Crippen LogP contribution in [0, 0.1) is 22.0 Å². The van der Waals surface area contributed by atoms with Crippen LogP contribution in [0.4, 0.5) is 30.2 Å². The van der Waals surface area contributed by atoms with Gasteiger partial charge in [0, 0.05) is 32.2 Å². The van der Waals surface area contributed by atoms with Gasteiger partial charge >= 0.3 is 12.1 Å². The maximum atomic E-state index is 13.6. The molecule has 0 saturated carbocycles. The van der Waals surface area contributed by atoms with E-state index < -0.39 is 28.9 Å². The SMILES string of the molecule is CC#CCN1c2c(cnn(Cc3ccccc3[N+](=O)[O-])c2=O)N(OC(=O)C(F)(F)F)C1N1CCNCC1. The first-order valence-corrected chi connectivity index (χ1v) is 11.1. The Kier molecular flexibility index (Phi) is 7.32. The summed E-state index contributed by atoms with van der Waals surface area (Å²) in [7, 11) is 0. The summed E-state index contributed by atoms with van der Waals surface area (Å²) >= 11 is 0. The maximum absolute atomic E-state index is 13.6. The van der Waals surface area contributed by atoms with Crippen LogP contribution < -0.4 is 20.8 Å². The van der Waals surface area contributed by atoms with Gasteiger partial charge in [-0.1, -0.05) is 24.1 Å². The first-order valence-electron chi connectivity index (χ1n) is 11.1. The summed E-state index contributed by atoms with van der Waals surface area (Å²) in [4.78, 5) is 44.2. The van der Waals surface area contributed by atoms with Crippen molar-refractivity contribution in [2.45, 2.75) is 25.9 Å². The van der Waals surface area contributed by atoms with Gasteiger partial charge in [-0.2, -0.15) is 23.3 Å². The number of nitro benzene ring substituents is 1. The Morgan fingerprint density at radius 2 is 2.00 bits per heavy atom. The van der Waals surface area contributed by atoms with Crippen molar-refractivity contribution in [2.75, 3.05) is 42.7 Å². The number of halogens is 3. The molecule has 12 nitrogen and oxygen atoms in total. The molecule has 37 heavy (non-hydrogen) atoms. The number of aromatic nitrogens is 2. The highest BCUT2D eigenvalue weighted by molar-refractivity contribution is 5.81. The van der Waals surface area contributed by atoms with Crippen molar-refractivity contribution in [3.8, 4) is 11.8 Å². The van der Waals surface area contributed by atoms with E-state index in [9.17, 15) is 32.9 Å². The molecule has 1 unspecified atom stereocenters. The minimum Gasteiger partial charge on any atom is -0.329 e. The quantitative estimate of drug-likeness (QED) is 0.335. The van der Waals surface area contributed by atoms with Crippen molar-refractivity contribution in [1.29, 1.82) is 0 Å². The van der Waals surface area contributed by atoms with Gasteiger partial charge in [-0.05, 0) is 6.92 Å². The number of para-hydroxylation sites is 1. The molecular formula is C22H22F3N7O5. The summed E-state index contributed by atoms with van der Waals surface area (Å²) in [5, 5.41) is 19.3. The molecule has 196 valence electrons. The fourth-order valence-electron chi connectivity index (χ4n) is 4.18. The van der Waals surface area contributed by atoms with Crippen LogP contribution in [-0.4, -0.2) is 70.8 Å². The van der Waals surface area contributed by atoms with E-state index in [1.807, 2.05) is 0 Å². The zero-order valence-electron chi connectivity index (χ0n) is 19.6. The third-order valence-corrected chi connectivity index (χ3v) is 5.84. The molecule has 1 fully saturated rings. The Bertz CT molecular complexity index is 1310. The van der Waals surface area contributed by atoms with Crippen LogP contribution in [0.25, 0.3) is 0 Å². The lowest BCUT2D eigenvalue weighted by Gasteiger charge is -2.40. The summed E-state index contributed by atoms with van der Waals surface area (Å²) in [6.07, 6.45) is -5.27. The van der Waals surface area contributed by atoms with E-state index in [2.05, 4.69) is 22.3 Å². The third-order valence-electron chi connectivity index (χ3n) is 5.84. The van der Waals surface area contributed by atoms with Crippen LogP contribution in [0.15, 0.2) is 35.3 Å². The van der Waals surface area contributed by atoms with Gasteiger partial charge in [0.1, 0.15) is 11.4 Å². The van der Waals surface area contributed by atoms with Gasteiger partial charge in [0.2, 0.25) is 0 Å². The second-order valence-corrected chi connectivity index (χ2v) is 8.12. The van der Waals surface area contributed by atoms with Crippen molar-refractivity contribution in [3.63, 3.8) is 0 Å². The molecule has 0 radical (unpaired) electrons. The van der Waals surface area contributed by atoms with Gasteiger partial charge in [0.15, 0.2) is 6.29 Å². The lowest BCUT2D eigenvalue weighted by Crippen LogP contribution is -2.61. The molecule has 2 aromatic rings. The number of hydrogen-bond acceptors (Lipinski definition) is 10. The van der Waals surface area contributed by atoms with E-state index in [0.717, 1.165) is 15.9 Å². The molecular weight excluding hydrogens is 499 g/mol. The van der Waals surface area contributed by atoms with Crippen LogP contribution in [0.3, 0.4) is 0 Å². The molecule has 4 rings (SSSR count). The minimum absolute atomic E-state index is 0.0666. The molecule has 0 bridgehead atoms. The van der Waals surface area contributed by atoms with Crippen LogP contribution in [0.2, 0.25) is 0 Å². The maximum Gasteiger partial charge on any atom is 0.493 e. The average Bonchev–Trinajstić information content (AvgIpc) is 3.18. The number of nitro groups is 1. The van der Waals surface area contributed by atoms with Gasteiger partial charge in [-0.15, -0.1) is 5.92 Å². The molecule has 1 atom stereocenters. The van der Waals surface area contributed by atoms with Crippen LogP contribution >= 0.6 is 0 Å². The number of alkyl halides is 3. The molecule has 0 aliphatic carbocycles. The number of nitrogens with zero attached hydrogens (tertiary/aromatic N) is 6. The predicted octanol–water partition coefficient (Wildman–Crippen LogP) is 1.06. The molecule has 0 amide bonds. The van der Waals surface area contributed by atoms with Crippen LogP contribution in [0.1, 0.15) is 12.5 Å². The van der Waals surface area contributed by atoms with Gasteiger partial charge < -0.3 is 15.1 Å². The molecule has 15 heteroatoms. The lowest BCUT2D eigenvalue weighted by molar-refractivity contribution is -0.385. The van der Waals surface area contributed by atoms with E-state index in [4.69, 9.17) is 4.84 Å². The summed E-state index contributed by atoms with van der Waals surface area (Å²) in [6, 6.07) is 5.82. The number of hydroxylamine groups is 1. The number of carbonyl (C=O) groups excluding carboxylic acids is 1. The van der Waals surface area contributed by atoms with Crippen molar-refractivity contribution in [1.82, 2.24) is 20.0 Å². The summed E-state index contributed by atoms with van der Waals surface area (Å²) < 4.78 is 40.4. The van der Waals surface area contributed by atoms with Gasteiger partial charge in [-0.25, -0.2) is 9.48 Å². The zero-order chi connectivity index (χ0) is 26.7. The number of nitrogens with one attached hydrogen (secondary N) is 1. The van der Waals surface area contributed by atoms with Gasteiger partial charge in [0.25, 0.3) is 11.2 Å². The highest BCUT2D eigenvalue weighted by Gasteiger charge is 2.49. The predicted molar refractivity (Wildman–Crippen MR) is 124 cm³/mol. The lowest BCUT2D eigenvalue weighted by atomic mass is 10.2. The number of carbonyl (C=O) groups is 1. The number of hydrogen-bond donors (Lipinski definition) is 1. The van der Waals surface area contributed by atoms with Crippen LogP contribution in [-0.2, 0) is 16.2 Å². The monoisotopic (exact) mass is 521 g/mol. The fourth-order valence-corrected chi connectivity index (χ4v) is 4.18. The van der Waals surface area contributed by atoms with Gasteiger partial charge in [-0.3, -0.25) is 19.8 Å². The highest BCUT2D eigenvalue weighted by atomic mass is 19.4. The smallest absolute Gasteiger partial charge is 0.329 e. The molecule has 2 aliphatic rings. The average molecular weight is 521 g/mol.